The van der Waals surface area contributed by atoms with E-state index in [4.69, 9.17) is 4.74 Å². The zero-order valence-electron chi connectivity index (χ0n) is 10.0. The Morgan fingerprint density at radius 1 is 1.00 bits per heavy atom. The Balaban J connectivity index is 2.43. The van der Waals surface area contributed by atoms with E-state index in [1.807, 2.05) is 0 Å². The predicted octanol–water partition coefficient (Wildman–Crippen LogP) is 3.19. The average molecular weight is 268 g/mol. The highest BCUT2D eigenvalue weighted by molar-refractivity contribution is 5.36. The molecule has 0 heterocycles. The van der Waals surface area contributed by atoms with Crippen LogP contribution in [-0.4, -0.2) is 12.2 Å². The van der Waals surface area contributed by atoms with Gasteiger partial charge in [0.2, 0.25) is 0 Å². The van der Waals surface area contributed by atoms with Gasteiger partial charge in [0.1, 0.15) is 17.7 Å². The molecule has 2 nitrogen and oxygen atoms in total. The minimum Gasteiger partial charge on any atom is -0.497 e. The van der Waals surface area contributed by atoms with E-state index in [-0.39, 0.29) is 5.56 Å². The normalized spacial score (nSPS) is 12.3. The monoisotopic (exact) mass is 268 g/mol. The Labute approximate surface area is 108 Å². The predicted molar refractivity (Wildman–Crippen MR) is 63.4 cm³/mol. The molecule has 0 radical (unpaired) electrons. The topological polar surface area (TPSA) is 29.5 Å². The van der Waals surface area contributed by atoms with Crippen molar-refractivity contribution in [2.75, 3.05) is 7.11 Å². The Morgan fingerprint density at radius 2 is 1.68 bits per heavy atom. The minimum atomic E-state index is -1.40. The van der Waals surface area contributed by atoms with Gasteiger partial charge in [-0.05, 0) is 23.8 Å². The Bertz CT molecular complexity index is 599. The molecule has 0 saturated heterocycles. The molecule has 1 unspecified atom stereocenters. The molecular weight excluding hydrogens is 257 g/mol. The number of benzene rings is 2. The molecule has 1 N–H and O–H groups in total. The Morgan fingerprint density at radius 3 is 2.37 bits per heavy atom. The summed E-state index contributed by atoms with van der Waals surface area (Å²) < 4.78 is 44.5. The van der Waals surface area contributed by atoms with Gasteiger partial charge >= 0.3 is 0 Å². The van der Waals surface area contributed by atoms with E-state index < -0.39 is 23.6 Å². The second-order valence-electron chi connectivity index (χ2n) is 3.97. The van der Waals surface area contributed by atoms with E-state index in [0.29, 0.717) is 23.4 Å². The lowest BCUT2D eigenvalue weighted by Crippen LogP contribution is -2.05. The van der Waals surface area contributed by atoms with Crippen LogP contribution in [0.15, 0.2) is 36.4 Å². The van der Waals surface area contributed by atoms with Gasteiger partial charge in [-0.3, -0.25) is 0 Å². The quantitative estimate of drug-likeness (QED) is 0.866. The number of hydrogen-bond donors (Lipinski definition) is 1. The third-order valence-electron chi connectivity index (χ3n) is 2.74. The van der Waals surface area contributed by atoms with Gasteiger partial charge < -0.3 is 9.84 Å². The van der Waals surface area contributed by atoms with Crippen LogP contribution in [0.25, 0.3) is 0 Å². The van der Waals surface area contributed by atoms with Crippen LogP contribution in [0.4, 0.5) is 13.2 Å². The molecule has 5 heteroatoms. The summed E-state index contributed by atoms with van der Waals surface area (Å²) in [7, 11) is 1.45. The SMILES string of the molecule is COc1cccc(C(O)c2cc(F)c(F)cc2F)c1. The highest BCUT2D eigenvalue weighted by Gasteiger charge is 2.18. The first-order valence-electron chi connectivity index (χ1n) is 5.49. The number of halogens is 3. The Hall–Kier alpha value is -2.01. The van der Waals surface area contributed by atoms with Gasteiger partial charge in [-0.25, -0.2) is 13.2 Å². The molecule has 0 saturated carbocycles. The second kappa shape index (κ2) is 5.32. The molecule has 0 spiro atoms. The van der Waals surface area contributed by atoms with Crippen molar-refractivity contribution < 1.29 is 23.0 Å². The molecule has 0 aromatic heterocycles. The van der Waals surface area contributed by atoms with Gasteiger partial charge in [0, 0.05) is 11.6 Å². The van der Waals surface area contributed by atoms with Gasteiger partial charge in [0.25, 0.3) is 0 Å². The van der Waals surface area contributed by atoms with Crippen LogP contribution in [0.5, 0.6) is 5.75 Å². The van der Waals surface area contributed by atoms with Crippen molar-refractivity contribution in [3.8, 4) is 5.75 Å². The molecular formula is C14H11F3O2. The molecule has 1 atom stereocenters. The van der Waals surface area contributed by atoms with Crippen LogP contribution in [0.1, 0.15) is 17.2 Å². The lowest BCUT2D eigenvalue weighted by atomic mass is 10.0. The number of methoxy groups -OCH3 is 1. The largest absolute Gasteiger partial charge is 0.497 e. The fourth-order valence-corrected chi connectivity index (χ4v) is 1.74. The molecule has 100 valence electrons. The summed E-state index contributed by atoms with van der Waals surface area (Å²) in [6, 6.07) is 7.34. The average Bonchev–Trinajstić information content (AvgIpc) is 2.42. The molecule has 0 aliphatic heterocycles. The molecule has 2 aromatic carbocycles. The summed E-state index contributed by atoms with van der Waals surface area (Å²) in [4.78, 5) is 0. The highest BCUT2D eigenvalue weighted by Crippen LogP contribution is 2.28. The van der Waals surface area contributed by atoms with Crippen molar-refractivity contribution in [2.24, 2.45) is 0 Å². The van der Waals surface area contributed by atoms with E-state index in [1.165, 1.54) is 19.2 Å². The number of rotatable bonds is 3. The zero-order chi connectivity index (χ0) is 14.0. The van der Waals surface area contributed by atoms with Crippen LogP contribution in [-0.2, 0) is 0 Å². The van der Waals surface area contributed by atoms with Gasteiger partial charge in [0.05, 0.1) is 7.11 Å². The molecule has 19 heavy (non-hydrogen) atoms. The number of ether oxygens (including phenoxy) is 1. The summed E-state index contributed by atoms with van der Waals surface area (Å²) >= 11 is 0. The van der Waals surface area contributed by atoms with Crippen molar-refractivity contribution in [3.63, 3.8) is 0 Å². The third-order valence-corrected chi connectivity index (χ3v) is 2.74. The molecule has 0 bridgehead atoms. The molecule has 0 aliphatic rings. The summed E-state index contributed by atoms with van der Waals surface area (Å²) in [6.07, 6.45) is -1.40. The first kappa shape index (κ1) is 13.4. The summed E-state index contributed by atoms with van der Waals surface area (Å²) in [5, 5.41) is 10.0. The summed E-state index contributed by atoms with van der Waals surface area (Å²) in [6.45, 7) is 0. The van der Waals surface area contributed by atoms with Crippen molar-refractivity contribution >= 4 is 0 Å². The van der Waals surface area contributed by atoms with E-state index in [2.05, 4.69) is 0 Å². The maximum absolute atomic E-state index is 13.6. The second-order valence-corrected chi connectivity index (χ2v) is 3.97. The van der Waals surface area contributed by atoms with Crippen molar-refractivity contribution in [1.29, 1.82) is 0 Å². The molecule has 2 rings (SSSR count). The third kappa shape index (κ3) is 2.71. The van der Waals surface area contributed by atoms with Crippen LogP contribution >= 0.6 is 0 Å². The number of aliphatic hydroxyl groups is 1. The van der Waals surface area contributed by atoms with E-state index in [1.54, 1.807) is 12.1 Å². The highest BCUT2D eigenvalue weighted by atomic mass is 19.2. The van der Waals surface area contributed by atoms with Gasteiger partial charge in [-0.1, -0.05) is 12.1 Å². The first-order chi connectivity index (χ1) is 9.02. The lowest BCUT2D eigenvalue weighted by Gasteiger charge is -2.13. The molecule has 0 aliphatic carbocycles. The molecule has 0 fully saturated rings. The van der Waals surface area contributed by atoms with Crippen LogP contribution in [0.2, 0.25) is 0 Å². The van der Waals surface area contributed by atoms with Gasteiger partial charge in [-0.15, -0.1) is 0 Å². The van der Waals surface area contributed by atoms with Crippen LogP contribution in [0.3, 0.4) is 0 Å². The summed E-state index contributed by atoms with van der Waals surface area (Å²) in [5.41, 5.74) is -0.00332. The smallest absolute Gasteiger partial charge is 0.161 e. The first-order valence-corrected chi connectivity index (χ1v) is 5.49. The zero-order valence-corrected chi connectivity index (χ0v) is 10.0. The van der Waals surface area contributed by atoms with E-state index in [0.717, 1.165) is 0 Å². The van der Waals surface area contributed by atoms with Crippen molar-refractivity contribution in [3.05, 3.63) is 65.0 Å². The number of hydrogen-bond acceptors (Lipinski definition) is 2. The van der Waals surface area contributed by atoms with E-state index in [9.17, 15) is 18.3 Å². The minimum absolute atomic E-state index is 0.323. The van der Waals surface area contributed by atoms with E-state index >= 15 is 0 Å². The maximum Gasteiger partial charge on any atom is 0.161 e. The van der Waals surface area contributed by atoms with Crippen molar-refractivity contribution in [1.82, 2.24) is 0 Å². The maximum atomic E-state index is 13.6. The van der Waals surface area contributed by atoms with Gasteiger partial charge in [-0.2, -0.15) is 0 Å². The Kier molecular flexibility index (Phi) is 3.76. The standard InChI is InChI=1S/C14H11F3O2/c1-19-9-4-2-3-8(5-9)14(18)10-6-12(16)13(17)7-11(10)15/h2-7,14,18H,1H3. The fourth-order valence-electron chi connectivity index (χ4n) is 1.74. The van der Waals surface area contributed by atoms with Crippen LogP contribution in [0, 0.1) is 17.5 Å². The van der Waals surface area contributed by atoms with Crippen LogP contribution < -0.4 is 4.74 Å². The van der Waals surface area contributed by atoms with Gasteiger partial charge in [0.15, 0.2) is 11.6 Å². The summed E-state index contributed by atoms with van der Waals surface area (Å²) in [5.74, 6) is -3.04. The lowest BCUT2D eigenvalue weighted by molar-refractivity contribution is 0.213. The fraction of sp³-hybridized carbons (Fsp3) is 0.143. The molecule has 0 amide bonds. The molecule has 2 aromatic rings. The van der Waals surface area contributed by atoms with Crippen molar-refractivity contribution in [2.45, 2.75) is 6.10 Å². The number of aliphatic hydroxyl groups excluding tert-OH is 1.